The van der Waals surface area contributed by atoms with Gasteiger partial charge in [0.05, 0.1) is 25.6 Å². The van der Waals surface area contributed by atoms with Crippen LogP contribution in [0.1, 0.15) is 19.3 Å². The first-order valence-corrected chi connectivity index (χ1v) is 11.5. The lowest BCUT2D eigenvalue weighted by Gasteiger charge is -2.37. The summed E-state index contributed by atoms with van der Waals surface area (Å²) >= 11 is 13.6. The number of hydrogen-bond donors (Lipinski definition) is 2. The number of ether oxygens (including phenoxy) is 2. The number of methoxy groups -OCH3 is 2. The monoisotopic (exact) mass is 484 g/mol. The molecule has 0 aromatic carbocycles. The van der Waals surface area contributed by atoms with Crippen LogP contribution in [-0.2, 0) is 9.47 Å². The standard InChI is InChI=1S/C18H20N4O4S4/c1-25-15(23)13-11(3-9-29-13)19-17(27)21-5-7-22(8-6-21)18(28)20-12-4-10-30-14(12)16(24)26-2/h3-4,9-10H,5-8H2,1-2H3,(H,19,27)(H,20,28). The molecule has 0 amide bonds. The summed E-state index contributed by atoms with van der Waals surface area (Å²) in [6, 6.07) is 3.61. The normalized spacial score (nSPS) is 13.5. The number of thiocarbonyl (C=S) groups is 2. The van der Waals surface area contributed by atoms with E-state index in [1.807, 2.05) is 20.6 Å². The molecule has 0 bridgehead atoms. The maximum atomic E-state index is 11.8. The molecule has 1 saturated heterocycles. The van der Waals surface area contributed by atoms with Crippen molar-refractivity contribution in [2.24, 2.45) is 0 Å². The van der Waals surface area contributed by atoms with E-state index in [9.17, 15) is 9.59 Å². The molecule has 0 atom stereocenters. The first-order chi connectivity index (χ1) is 14.4. The van der Waals surface area contributed by atoms with Crippen molar-refractivity contribution in [3.63, 3.8) is 0 Å². The lowest BCUT2D eigenvalue weighted by Crippen LogP contribution is -2.52. The number of esters is 2. The van der Waals surface area contributed by atoms with Gasteiger partial charge in [0.2, 0.25) is 0 Å². The molecule has 30 heavy (non-hydrogen) atoms. The molecular formula is C18H20N4O4S4. The van der Waals surface area contributed by atoms with Crippen LogP contribution in [0, 0.1) is 0 Å². The van der Waals surface area contributed by atoms with Crippen LogP contribution in [0.3, 0.4) is 0 Å². The molecule has 8 nitrogen and oxygen atoms in total. The Labute approximate surface area is 192 Å². The SMILES string of the molecule is COC(=O)c1sccc1NC(=S)N1CCN(C(=S)Nc2ccsc2C(=O)OC)CC1. The minimum atomic E-state index is -0.392. The van der Waals surface area contributed by atoms with E-state index in [0.29, 0.717) is 57.5 Å². The fourth-order valence-corrected chi connectivity index (χ4v) is 4.93. The Morgan fingerprint density at radius 3 is 1.53 bits per heavy atom. The van der Waals surface area contributed by atoms with Gasteiger partial charge in [0.25, 0.3) is 0 Å². The molecule has 0 aliphatic carbocycles. The second-order valence-corrected chi connectivity index (χ2v) is 8.75. The Balaban J connectivity index is 1.53. The lowest BCUT2D eigenvalue weighted by molar-refractivity contribution is 0.0598. The van der Waals surface area contributed by atoms with Gasteiger partial charge in [-0.05, 0) is 47.3 Å². The zero-order valence-electron chi connectivity index (χ0n) is 16.3. The van der Waals surface area contributed by atoms with Crippen LogP contribution in [0.25, 0.3) is 0 Å². The summed E-state index contributed by atoms with van der Waals surface area (Å²) < 4.78 is 9.59. The predicted octanol–water partition coefficient (Wildman–Crippen LogP) is 3.09. The van der Waals surface area contributed by atoms with E-state index >= 15 is 0 Å². The van der Waals surface area contributed by atoms with Crippen molar-refractivity contribution >= 4 is 80.6 Å². The molecule has 3 rings (SSSR count). The van der Waals surface area contributed by atoms with Crippen LogP contribution in [-0.4, -0.2) is 72.4 Å². The van der Waals surface area contributed by atoms with E-state index in [4.69, 9.17) is 33.9 Å². The molecule has 160 valence electrons. The lowest BCUT2D eigenvalue weighted by atomic mass is 10.3. The van der Waals surface area contributed by atoms with E-state index in [2.05, 4.69) is 10.6 Å². The molecule has 1 aliphatic rings. The maximum absolute atomic E-state index is 11.8. The van der Waals surface area contributed by atoms with E-state index < -0.39 is 11.9 Å². The minimum Gasteiger partial charge on any atom is -0.465 e. The number of carbonyl (C=O) groups is 2. The predicted molar refractivity (Wildman–Crippen MR) is 127 cm³/mol. The Morgan fingerprint density at radius 1 is 0.833 bits per heavy atom. The van der Waals surface area contributed by atoms with Crippen molar-refractivity contribution in [3.05, 3.63) is 32.6 Å². The number of hydrogen-bond acceptors (Lipinski definition) is 8. The van der Waals surface area contributed by atoms with Gasteiger partial charge in [-0.2, -0.15) is 0 Å². The molecule has 2 N–H and O–H groups in total. The third kappa shape index (κ3) is 5.06. The molecule has 3 heterocycles. The number of anilines is 2. The number of rotatable bonds is 4. The van der Waals surface area contributed by atoms with Crippen LogP contribution < -0.4 is 10.6 Å². The van der Waals surface area contributed by atoms with Crippen LogP contribution in [0.5, 0.6) is 0 Å². The average Bonchev–Trinajstić information content (AvgIpc) is 3.42. The number of piperazine rings is 1. The van der Waals surface area contributed by atoms with E-state index in [0.717, 1.165) is 0 Å². The topological polar surface area (TPSA) is 83.1 Å². The number of nitrogens with zero attached hydrogens (tertiary/aromatic N) is 2. The maximum Gasteiger partial charge on any atom is 0.350 e. The van der Waals surface area contributed by atoms with Crippen LogP contribution in [0.15, 0.2) is 22.9 Å². The third-order valence-corrected chi connectivity index (χ3v) is 6.92. The van der Waals surface area contributed by atoms with Gasteiger partial charge < -0.3 is 29.9 Å². The number of carbonyl (C=O) groups excluding carboxylic acids is 2. The Kier molecular flexibility index (Phi) is 7.58. The van der Waals surface area contributed by atoms with Gasteiger partial charge in [-0.25, -0.2) is 9.59 Å². The van der Waals surface area contributed by atoms with E-state index in [1.54, 1.807) is 12.1 Å². The van der Waals surface area contributed by atoms with Crippen LogP contribution in [0.4, 0.5) is 11.4 Å². The molecule has 2 aromatic heterocycles. The summed E-state index contributed by atoms with van der Waals surface area (Å²) in [7, 11) is 2.70. The number of thiophene rings is 2. The third-order valence-electron chi connectivity index (χ3n) is 4.41. The number of nitrogens with one attached hydrogen (secondary N) is 2. The summed E-state index contributed by atoms with van der Waals surface area (Å²) in [4.78, 5) is 28.7. The molecule has 1 fully saturated rings. The molecule has 0 unspecified atom stereocenters. The molecular weight excluding hydrogens is 464 g/mol. The van der Waals surface area contributed by atoms with Crippen molar-refractivity contribution in [2.75, 3.05) is 51.0 Å². The highest BCUT2D eigenvalue weighted by molar-refractivity contribution is 7.80. The van der Waals surface area contributed by atoms with E-state index in [-0.39, 0.29) is 0 Å². The van der Waals surface area contributed by atoms with Crippen LogP contribution >= 0.6 is 47.1 Å². The van der Waals surface area contributed by atoms with Gasteiger partial charge in [0.15, 0.2) is 10.2 Å². The van der Waals surface area contributed by atoms with Crippen molar-refractivity contribution in [3.8, 4) is 0 Å². The van der Waals surface area contributed by atoms with Crippen LogP contribution in [0.2, 0.25) is 0 Å². The van der Waals surface area contributed by atoms with Crippen molar-refractivity contribution in [1.29, 1.82) is 0 Å². The Morgan fingerprint density at radius 2 is 1.20 bits per heavy atom. The summed E-state index contributed by atoms with van der Waals surface area (Å²) in [5.74, 6) is -0.785. The van der Waals surface area contributed by atoms with Gasteiger partial charge >= 0.3 is 11.9 Å². The first kappa shape index (κ1) is 22.4. The summed E-state index contributed by atoms with van der Waals surface area (Å²) in [6.07, 6.45) is 0. The fourth-order valence-electron chi connectivity index (χ4n) is 2.82. The highest BCUT2D eigenvalue weighted by Gasteiger charge is 2.23. The first-order valence-electron chi connectivity index (χ1n) is 8.88. The van der Waals surface area contributed by atoms with Crippen molar-refractivity contribution in [2.45, 2.75) is 0 Å². The largest absolute Gasteiger partial charge is 0.465 e. The quantitative estimate of drug-likeness (QED) is 0.499. The molecule has 0 radical (unpaired) electrons. The smallest absolute Gasteiger partial charge is 0.350 e. The zero-order chi connectivity index (χ0) is 21.7. The minimum absolute atomic E-state index is 0.392. The van der Waals surface area contributed by atoms with Gasteiger partial charge in [0.1, 0.15) is 9.75 Å². The molecule has 1 aliphatic heterocycles. The summed E-state index contributed by atoms with van der Waals surface area (Å²) in [5, 5.41) is 11.0. The van der Waals surface area contributed by atoms with Gasteiger partial charge in [-0.1, -0.05) is 0 Å². The van der Waals surface area contributed by atoms with E-state index in [1.165, 1.54) is 36.9 Å². The zero-order valence-corrected chi connectivity index (χ0v) is 19.6. The molecule has 2 aromatic rings. The average molecular weight is 485 g/mol. The highest BCUT2D eigenvalue weighted by atomic mass is 32.1. The van der Waals surface area contributed by atoms with Crippen molar-refractivity contribution < 1.29 is 19.1 Å². The van der Waals surface area contributed by atoms with Crippen molar-refractivity contribution in [1.82, 2.24) is 9.80 Å². The van der Waals surface area contributed by atoms with Gasteiger partial charge in [0, 0.05) is 26.2 Å². The summed E-state index contributed by atoms with van der Waals surface area (Å²) in [5.41, 5.74) is 1.29. The Bertz CT molecular complexity index is 873. The Hall–Kier alpha value is -2.28. The molecule has 0 saturated carbocycles. The molecule has 0 spiro atoms. The van der Waals surface area contributed by atoms with Gasteiger partial charge in [-0.3, -0.25) is 0 Å². The fraction of sp³-hybridized carbons (Fsp3) is 0.333. The van der Waals surface area contributed by atoms with Gasteiger partial charge in [-0.15, -0.1) is 22.7 Å². The second kappa shape index (κ2) is 10.2. The molecule has 12 heteroatoms. The summed E-state index contributed by atoms with van der Waals surface area (Å²) in [6.45, 7) is 2.66. The highest BCUT2D eigenvalue weighted by Crippen LogP contribution is 2.25. The second-order valence-electron chi connectivity index (χ2n) is 6.14.